The van der Waals surface area contributed by atoms with Gasteiger partial charge in [-0.25, -0.2) is 4.79 Å². The van der Waals surface area contributed by atoms with Gasteiger partial charge in [0.25, 0.3) is 0 Å². The fourth-order valence-electron chi connectivity index (χ4n) is 3.48. The van der Waals surface area contributed by atoms with E-state index in [1.54, 1.807) is 52.0 Å². The molecule has 3 unspecified atom stereocenters. The number of carbonyl (C=O) groups is 4. The van der Waals surface area contributed by atoms with Crippen LogP contribution in [0.3, 0.4) is 0 Å². The average Bonchev–Trinajstić information content (AvgIpc) is 2.81. The average molecular weight is 504 g/mol. The van der Waals surface area contributed by atoms with E-state index in [9.17, 15) is 19.2 Å². The lowest BCUT2D eigenvalue weighted by atomic mass is 9.95. The summed E-state index contributed by atoms with van der Waals surface area (Å²) in [6.45, 7) is 14.8. The lowest BCUT2D eigenvalue weighted by Gasteiger charge is -2.35. The van der Waals surface area contributed by atoms with Crippen LogP contribution in [0.25, 0.3) is 0 Å². The molecule has 1 aromatic carbocycles. The SMILES string of the molecule is C=CCN(C(=O)C(NC(=O)OC(C)(C)C)C(C)CC)C(C(=O)NCCC(=O)OCC)c1ccccc1. The zero-order valence-electron chi connectivity index (χ0n) is 22.3. The highest BCUT2D eigenvalue weighted by atomic mass is 16.6. The number of rotatable bonds is 13. The van der Waals surface area contributed by atoms with Crippen molar-refractivity contribution in [1.29, 1.82) is 0 Å². The first-order valence-electron chi connectivity index (χ1n) is 12.3. The Morgan fingerprint density at radius 1 is 1.11 bits per heavy atom. The van der Waals surface area contributed by atoms with Crippen molar-refractivity contribution >= 4 is 23.9 Å². The van der Waals surface area contributed by atoms with Crippen LogP contribution in [0.15, 0.2) is 43.0 Å². The van der Waals surface area contributed by atoms with Crippen LogP contribution in [0.4, 0.5) is 4.79 Å². The third-order valence-corrected chi connectivity index (χ3v) is 5.37. The van der Waals surface area contributed by atoms with Crippen molar-refractivity contribution in [3.05, 3.63) is 48.6 Å². The summed E-state index contributed by atoms with van der Waals surface area (Å²) in [5, 5.41) is 5.44. The molecule has 3 atom stereocenters. The van der Waals surface area contributed by atoms with Gasteiger partial charge in [0, 0.05) is 13.1 Å². The monoisotopic (exact) mass is 503 g/mol. The minimum atomic E-state index is -1.01. The van der Waals surface area contributed by atoms with Gasteiger partial charge in [-0.3, -0.25) is 14.4 Å². The van der Waals surface area contributed by atoms with Crippen LogP contribution < -0.4 is 10.6 Å². The van der Waals surface area contributed by atoms with Gasteiger partial charge in [0.2, 0.25) is 11.8 Å². The molecular formula is C27H41N3O6. The first-order valence-corrected chi connectivity index (χ1v) is 12.3. The van der Waals surface area contributed by atoms with Crippen molar-refractivity contribution in [3.8, 4) is 0 Å². The van der Waals surface area contributed by atoms with E-state index >= 15 is 0 Å². The first kappa shape index (κ1) is 30.7. The van der Waals surface area contributed by atoms with Gasteiger partial charge in [-0.1, -0.05) is 56.7 Å². The predicted octanol–water partition coefficient (Wildman–Crippen LogP) is 3.75. The Bertz CT molecular complexity index is 881. The maximum absolute atomic E-state index is 13.9. The summed E-state index contributed by atoms with van der Waals surface area (Å²) in [5.74, 6) is -1.56. The summed E-state index contributed by atoms with van der Waals surface area (Å²) in [4.78, 5) is 52.9. The fraction of sp³-hybridized carbons (Fsp3) is 0.556. The van der Waals surface area contributed by atoms with Gasteiger partial charge < -0.3 is 25.0 Å². The molecule has 0 saturated heterocycles. The zero-order valence-corrected chi connectivity index (χ0v) is 22.3. The number of hydrogen-bond acceptors (Lipinski definition) is 6. The second-order valence-corrected chi connectivity index (χ2v) is 9.45. The minimum Gasteiger partial charge on any atom is -0.466 e. The molecule has 0 aliphatic heterocycles. The molecule has 2 N–H and O–H groups in total. The number of nitrogens with zero attached hydrogens (tertiary/aromatic N) is 1. The lowest BCUT2D eigenvalue weighted by Crippen LogP contribution is -2.55. The largest absolute Gasteiger partial charge is 0.466 e. The van der Waals surface area contributed by atoms with Crippen LogP contribution in [0.5, 0.6) is 0 Å². The van der Waals surface area contributed by atoms with E-state index in [1.807, 2.05) is 19.9 Å². The van der Waals surface area contributed by atoms with Crippen LogP contribution in [0, 0.1) is 5.92 Å². The summed E-state index contributed by atoms with van der Waals surface area (Å²) in [7, 11) is 0. The van der Waals surface area contributed by atoms with Gasteiger partial charge in [-0.05, 0) is 39.2 Å². The molecular weight excluding hydrogens is 462 g/mol. The molecule has 0 heterocycles. The van der Waals surface area contributed by atoms with E-state index < -0.39 is 41.6 Å². The standard InChI is InChI=1S/C27H41N3O6/c1-8-18-30(25(33)22(19(4)9-2)29-26(34)36-27(5,6)7)23(20-14-12-11-13-15-20)24(32)28-17-16-21(31)35-10-3/h8,11-15,19,22-23H,1,9-10,16-18H2,2-7H3,(H,28,32)(H,29,34). The zero-order chi connectivity index (χ0) is 27.3. The molecule has 1 aromatic rings. The maximum atomic E-state index is 13.9. The molecule has 0 spiro atoms. The summed E-state index contributed by atoms with van der Waals surface area (Å²) < 4.78 is 10.3. The molecule has 0 radical (unpaired) electrons. The number of hydrogen-bond donors (Lipinski definition) is 2. The van der Waals surface area contributed by atoms with Crippen LogP contribution in [-0.2, 0) is 23.9 Å². The smallest absolute Gasteiger partial charge is 0.408 e. The number of ether oxygens (including phenoxy) is 2. The number of esters is 1. The van der Waals surface area contributed by atoms with Crippen molar-refractivity contribution in [2.45, 2.75) is 72.1 Å². The summed E-state index contributed by atoms with van der Waals surface area (Å²) in [5.41, 5.74) is -0.152. The van der Waals surface area contributed by atoms with Gasteiger partial charge in [0.1, 0.15) is 17.7 Å². The van der Waals surface area contributed by atoms with Crippen molar-refractivity contribution in [2.75, 3.05) is 19.7 Å². The topological polar surface area (TPSA) is 114 Å². The molecule has 9 nitrogen and oxygen atoms in total. The van der Waals surface area contributed by atoms with E-state index in [-0.39, 0.29) is 32.0 Å². The number of carbonyl (C=O) groups excluding carboxylic acids is 4. The maximum Gasteiger partial charge on any atom is 0.408 e. The van der Waals surface area contributed by atoms with Crippen LogP contribution >= 0.6 is 0 Å². The molecule has 0 bridgehead atoms. The second kappa shape index (κ2) is 14.9. The van der Waals surface area contributed by atoms with Gasteiger partial charge in [0.15, 0.2) is 0 Å². The van der Waals surface area contributed by atoms with E-state index in [0.29, 0.717) is 12.0 Å². The highest BCUT2D eigenvalue weighted by Crippen LogP contribution is 2.24. The fourth-order valence-corrected chi connectivity index (χ4v) is 3.48. The Balaban J connectivity index is 3.30. The Morgan fingerprint density at radius 3 is 2.28 bits per heavy atom. The van der Waals surface area contributed by atoms with E-state index in [2.05, 4.69) is 17.2 Å². The Morgan fingerprint density at radius 2 is 1.75 bits per heavy atom. The lowest BCUT2D eigenvalue weighted by molar-refractivity contribution is -0.144. The molecule has 36 heavy (non-hydrogen) atoms. The normalized spacial score (nSPS) is 13.5. The molecule has 0 fully saturated rings. The van der Waals surface area contributed by atoms with Gasteiger partial charge in [0.05, 0.1) is 13.0 Å². The van der Waals surface area contributed by atoms with Crippen molar-refractivity contribution in [1.82, 2.24) is 15.5 Å². The molecule has 200 valence electrons. The van der Waals surface area contributed by atoms with Gasteiger partial charge in [-0.15, -0.1) is 6.58 Å². The minimum absolute atomic E-state index is 0.00614. The van der Waals surface area contributed by atoms with Crippen molar-refractivity contribution < 1.29 is 28.7 Å². The van der Waals surface area contributed by atoms with Gasteiger partial charge >= 0.3 is 12.1 Å². The summed E-state index contributed by atoms with van der Waals surface area (Å²) in [6, 6.07) is 6.92. The third-order valence-electron chi connectivity index (χ3n) is 5.37. The number of nitrogens with one attached hydrogen (secondary N) is 2. The highest BCUT2D eigenvalue weighted by Gasteiger charge is 2.37. The van der Waals surface area contributed by atoms with E-state index in [4.69, 9.17) is 9.47 Å². The van der Waals surface area contributed by atoms with Crippen molar-refractivity contribution in [2.24, 2.45) is 5.92 Å². The van der Waals surface area contributed by atoms with Crippen LogP contribution in [0.1, 0.15) is 66.0 Å². The summed E-state index contributed by atoms with van der Waals surface area (Å²) in [6.07, 6.45) is 1.43. The molecule has 0 saturated carbocycles. The van der Waals surface area contributed by atoms with E-state index in [0.717, 1.165) is 0 Å². The third kappa shape index (κ3) is 10.1. The molecule has 1 rings (SSSR count). The highest BCUT2D eigenvalue weighted by molar-refractivity contribution is 5.92. The van der Waals surface area contributed by atoms with Gasteiger partial charge in [-0.2, -0.15) is 0 Å². The van der Waals surface area contributed by atoms with E-state index in [1.165, 1.54) is 11.0 Å². The Kier molecular flexibility index (Phi) is 12.7. The molecule has 0 aliphatic rings. The molecule has 0 aromatic heterocycles. The predicted molar refractivity (Wildman–Crippen MR) is 138 cm³/mol. The second-order valence-electron chi connectivity index (χ2n) is 9.45. The van der Waals surface area contributed by atoms with Crippen molar-refractivity contribution in [3.63, 3.8) is 0 Å². The molecule has 9 heteroatoms. The Hall–Kier alpha value is -3.36. The number of benzene rings is 1. The number of alkyl carbamates (subject to hydrolysis) is 1. The van der Waals surface area contributed by atoms with Crippen LogP contribution in [0.2, 0.25) is 0 Å². The number of amides is 3. The first-order chi connectivity index (χ1) is 16.9. The Labute approximate surface area is 214 Å². The van der Waals surface area contributed by atoms with Crippen LogP contribution in [-0.4, -0.2) is 60.1 Å². The molecule has 3 amide bonds. The quantitative estimate of drug-likeness (QED) is 0.313. The summed E-state index contributed by atoms with van der Waals surface area (Å²) >= 11 is 0. The molecule has 0 aliphatic carbocycles.